The lowest BCUT2D eigenvalue weighted by molar-refractivity contribution is 0.0951. The van der Waals surface area contributed by atoms with Gasteiger partial charge in [-0.1, -0.05) is 12.1 Å². The largest absolute Gasteiger partial charge is 0.459 e. The Labute approximate surface area is 160 Å². The van der Waals surface area contributed by atoms with Crippen molar-refractivity contribution < 1.29 is 14.0 Å². The fourth-order valence-corrected chi connectivity index (χ4v) is 2.70. The molecule has 8 nitrogen and oxygen atoms in total. The number of nitrogens with one attached hydrogen (secondary N) is 2. The number of furan rings is 1. The smallest absolute Gasteiger partial charge is 0.291 e. The Balaban J connectivity index is 1.38. The van der Waals surface area contributed by atoms with E-state index in [1.54, 1.807) is 35.0 Å². The lowest BCUT2D eigenvalue weighted by Gasteiger charge is -2.07. The highest BCUT2D eigenvalue weighted by atomic mass is 16.3. The maximum atomic E-state index is 12.5. The number of carbonyl (C=O) groups excluding carboxylic acids is 2. The van der Waals surface area contributed by atoms with E-state index in [1.807, 2.05) is 25.1 Å². The number of anilines is 1. The van der Waals surface area contributed by atoms with E-state index in [1.165, 1.54) is 12.5 Å². The maximum Gasteiger partial charge on any atom is 0.291 e. The molecule has 0 fully saturated rings. The Kier molecular flexibility index (Phi) is 4.59. The SMILES string of the molecule is Cc1ccn2ncc(C(=O)NCc3ccc(NC(=O)c4ccco4)cc3)c2n1. The number of carbonyl (C=O) groups is 2. The molecule has 0 spiro atoms. The van der Waals surface area contributed by atoms with E-state index >= 15 is 0 Å². The van der Waals surface area contributed by atoms with Crippen LogP contribution in [0, 0.1) is 6.92 Å². The Morgan fingerprint density at radius 3 is 2.68 bits per heavy atom. The normalized spacial score (nSPS) is 10.8. The van der Waals surface area contributed by atoms with Crippen molar-refractivity contribution in [2.24, 2.45) is 0 Å². The quantitative estimate of drug-likeness (QED) is 0.558. The van der Waals surface area contributed by atoms with E-state index < -0.39 is 0 Å². The minimum absolute atomic E-state index is 0.244. The van der Waals surface area contributed by atoms with Crippen LogP contribution in [0.25, 0.3) is 5.65 Å². The zero-order chi connectivity index (χ0) is 19.5. The van der Waals surface area contributed by atoms with Crippen LogP contribution in [-0.4, -0.2) is 26.4 Å². The van der Waals surface area contributed by atoms with Crippen LogP contribution in [0.4, 0.5) is 5.69 Å². The van der Waals surface area contributed by atoms with Gasteiger partial charge in [0, 0.05) is 24.1 Å². The van der Waals surface area contributed by atoms with E-state index in [4.69, 9.17) is 4.42 Å². The molecule has 0 unspecified atom stereocenters. The number of amides is 2. The van der Waals surface area contributed by atoms with E-state index in [2.05, 4.69) is 20.7 Å². The van der Waals surface area contributed by atoms with Crippen LogP contribution in [0.1, 0.15) is 32.2 Å². The maximum absolute atomic E-state index is 12.5. The van der Waals surface area contributed by atoms with Gasteiger partial charge in [-0.25, -0.2) is 9.50 Å². The van der Waals surface area contributed by atoms with Gasteiger partial charge in [-0.2, -0.15) is 5.10 Å². The average molecular weight is 375 g/mol. The summed E-state index contributed by atoms with van der Waals surface area (Å²) in [6.07, 6.45) is 4.72. The molecule has 140 valence electrons. The average Bonchev–Trinajstić information content (AvgIpc) is 3.37. The molecule has 0 aliphatic rings. The lowest BCUT2D eigenvalue weighted by atomic mass is 10.2. The minimum Gasteiger partial charge on any atom is -0.459 e. The molecule has 0 saturated heterocycles. The van der Waals surface area contributed by atoms with Gasteiger partial charge in [-0.15, -0.1) is 0 Å². The first-order valence-corrected chi connectivity index (χ1v) is 8.63. The summed E-state index contributed by atoms with van der Waals surface area (Å²) in [5.41, 5.74) is 3.29. The number of nitrogens with zero attached hydrogens (tertiary/aromatic N) is 3. The topological polar surface area (TPSA) is 102 Å². The molecule has 28 heavy (non-hydrogen) atoms. The van der Waals surface area contributed by atoms with Crippen molar-refractivity contribution in [3.8, 4) is 0 Å². The predicted octanol–water partition coefficient (Wildman–Crippen LogP) is 2.81. The fraction of sp³-hybridized carbons (Fsp3) is 0.100. The van der Waals surface area contributed by atoms with Gasteiger partial charge in [0.05, 0.1) is 12.5 Å². The van der Waals surface area contributed by atoms with E-state index in [0.29, 0.717) is 23.4 Å². The molecule has 4 aromatic rings. The second kappa shape index (κ2) is 7.36. The van der Waals surface area contributed by atoms with Crippen molar-refractivity contribution in [2.75, 3.05) is 5.32 Å². The molecule has 0 aliphatic carbocycles. The second-order valence-corrected chi connectivity index (χ2v) is 6.21. The third-order valence-corrected chi connectivity index (χ3v) is 4.16. The Hall–Kier alpha value is -3.94. The summed E-state index contributed by atoms with van der Waals surface area (Å²) in [5, 5.41) is 9.75. The first-order valence-electron chi connectivity index (χ1n) is 8.63. The van der Waals surface area contributed by atoms with Gasteiger partial charge < -0.3 is 15.1 Å². The predicted molar refractivity (Wildman–Crippen MR) is 102 cm³/mol. The highest BCUT2D eigenvalue weighted by Crippen LogP contribution is 2.13. The van der Waals surface area contributed by atoms with Gasteiger partial charge in [0.1, 0.15) is 5.56 Å². The summed E-state index contributed by atoms with van der Waals surface area (Å²) in [4.78, 5) is 28.8. The Bertz CT molecular complexity index is 1130. The Morgan fingerprint density at radius 2 is 1.93 bits per heavy atom. The molecule has 0 atom stereocenters. The number of hydrogen-bond donors (Lipinski definition) is 2. The van der Waals surface area contributed by atoms with Crippen LogP contribution in [0.5, 0.6) is 0 Å². The highest BCUT2D eigenvalue weighted by molar-refractivity contribution is 6.02. The van der Waals surface area contributed by atoms with Crippen LogP contribution in [0.2, 0.25) is 0 Å². The van der Waals surface area contributed by atoms with Gasteiger partial charge in [0.2, 0.25) is 0 Å². The summed E-state index contributed by atoms with van der Waals surface area (Å²) >= 11 is 0. The van der Waals surface area contributed by atoms with E-state index in [0.717, 1.165) is 11.3 Å². The molecule has 1 aromatic carbocycles. The van der Waals surface area contributed by atoms with Crippen molar-refractivity contribution in [3.05, 3.63) is 83.7 Å². The molecule has 0 saturated carbocycles. The van der Waals surface area contributed by atoms with Crippen LogP contribution >= 0.6 is 0 Å². The molecule has 3 heterocycles. The summed E-state index contributed by atoms with van der Waals surface area (Å²) in [5.74, 6) is -0.321. The molecule has 0 bridgehead atoms. The van der Waals surface area contributed by atoms with Crippen molar-refractivity contribution >= 4 is 23.1 Å². The molecule has 2 amide bonds. The van der Waals surface area contributed by atoms with Crippen molar-refractivity contribution in [3.63, 3.8) is 0 Å². The van der Waals surface area contributed by atoms with Crippen LogP contribution in [-0.2, 0) is 6.54 Å². The third-order valence-electron chi connectivity index (χ3n) is 4.16. The number of fused-ring (bicyclic) bond motifs is 1. The minimum atomic E-state index is -0.318. The molecule has 0 aliphatic heterocycles. The molecule has 3 aromatic heterocycles. The van der Waals surface area contributed by atoms with Crippen molar-refractivity contribution in [1.82, 2.24) is 19.9 Å². The van der Waals surface area contributed by atoms with E-state index in [-0.39, 0.29) is 17.6 Å². The number of aromatic nitrogens is 3. The van der Waals surface area contributed by atoms with Gasteiger partial charge in [-0.05, 0) is 42.8 Å². The highest BCUT2D eigenvalue weighted by Gasteiger charge is 2.14. The number of benzene rings is 1. The molecule has 8 heteroatoms. The number of aryl methyl sites for hydroxylation is 1. The number of rotatable bonds is 5. The van der Waals surface area contributed by atoms with E-state index in [9.17, 15) is 9.59 Å². The Morgan fingerprint density at radius 1 is 1.11 bits per heavy atom. The fourth-order valence-electron chi connectivity index (χ4n) is 2.70. The summed E-state index contributed by atoms with van der Waals surface area (Å²) in [7, 11) is 0. The van der Waals surface area contributed by atoms with Crippen LogP contribution in [0.3, 0.4) is 0 Å². The molecule has 0 radical (unpaired) electrons. The lowest BCUT2D eigenvalue weighted by Crippen LogP contribution is -2.22. The van der Waals surface area contributed by atoms with Crippen molar-refractivity contribution in [1.29, 1.82) is 0 Å². The van der Waals surface area contributed by atoms with Gasteiger partial charge in [-0.3, -0.25) is 9.59 Å². The second-order valence-electron chi connectivity index (χ2n) is 6.21. The molecular formula is C20H17N5O3. The molecule has 2 N–H and O–H groups in total. The zero-order valence-electron chi connectivity index (χ0n) is 15.0. The standard InChI is InChI=1S/C20H17N5O3/c1-13-8-9-25-18(23-13)16(12-22-25)19(26)21-11-14-4-6-15(7-5-14)24-20(27)17-3-2-10-28-17/h2-10,12H,11H2,1H3,(H,21,26)(H,24,27). The number of hydrogen-bond acceptors (Lipinski definition) is 5. The summed E-state index contributed by atoms with van der Waals surface area (Å²) in [6.45, 7) is 2.20. The zero-order valence-corrected chi connectivity index (χ0v) is 15.0. The summed E-state index contributed by atoms with van der Waals surface area (Å²) < 4.78 is 6.63. The van der Waals surface area contributed by atoms with Crippen molar-refractivity contribution in [2.45, 2.75) is 13.5 Å². The van der Waals surface area contributed by atoms with Crippen LogP contribution in [0.15, 0.2) is 65.5 Å². The first-order chi connectivity index (χ1) is 13.6. The monoisotopic (exact) mass is 375 g/mol. The van der Waals surface area contributed by atoms with Gasteiger partial charge in [0.15, 0.2) is 11.4 Å². The van der Waals surface area contributed by atoms with Crippen LogP contribution < -0.4 is 10.6 Å². The first kappa shape index (κ1) is 17.5. The van der Waals surface area contributed by atoms with Gasteiger partial charge in [0.25, 0.3) is 11.8 Å². The summed E-state index contributed by atoms with van der Waals surface area (Å²) in [6, 6.07) is 12.3. The van der Waals surface area contributed by atoms with Gasteiger partial charge >= 0.3 is 0 Å². The molecular weight excluding hydrogens is 358 g/mol. The third kappa shape index (κ3) is 3.61. The molecule has 4 rings (SSSR count).